The van der Waals surface area contributed by atoms with Gasteiger partial charge < -0.3 is 4.57 Å². The fourth-order valence-electron chi connectivity index (χ4n) is 3.70. The first-order valence-corrected chi connectivity index (χ1v) is 7.35. The van der Waals surface area contributed by atoms with Crippen molar-refractivity contribution in [2.24, 2.45) is 7.05 Å². The second kappa shape index (κ2) is 5.49. The molecule has 1 aliphatic carbocycles. The van der Waals surface area contributed by atoms with Gasteiger partial charge in [0.15, 0.2) is 6.29 Å². The van der Waals surface area contributed by atoms with Gasteiger partial charge in [0, 0.05) is 30.9 Å². The van der Waals surface area contributed by atoms with Crippen LogP contribution in [-0.2, 0) is 19.9 Å². The monoisotopic (exact) mass is 262 g/mol. The topological polar surface area (TPSA) is 25.2 Å². The van der Waals surface area contributed by atoms with Crippen LogP contribution < -0.4 is 0 Å². The van der Waals surface area contributed by atoms with E-state index in [2.05, 4.69) is 43.2 Å². The number of hydrogen-bond donors (Lipinski definition) is 0. The Bertz CT molecular complexity index is 452. The van der Waals surface area contributed by atoms with Crippen LogP contribution in [0.5, 0.6) is 0 Å². The molecule has 1 aromatic heterocycles. The molecule has 0 saturated carbocycles. The van der Waals surface area contributed by atoms with E-state index >= 15 is 0 Å². The number of carbonyl (C=O) groups is 1. The number of carbonyl (C=O) groups excluding carboxylic acids is 1. The van der Waals surface area contributed by atoms with Gasteiger partial charge in [-0.15, -0.1) is 0 Å². The molecule has 0 N–H and O–H groups in total. The van der Waals surface area contributed by atoms with Crippen LogP contribution in [0.4, 0.5) is 0 Å². The fourth-order valence-corrected chi connectivity index (χ4v) is 3.70. The van der Waals surface area contributed by atoms with Crippen molar-refractivity contribution in [3.8, 4) is 0 Å². The zero-order chi connectivity index (χ0) is 14.2. The van der Waals surface area contributed by atoms with Gasteiger partial charge in [-0.1, -0.05) is 0 Å². The average Bonchev–Trinajstić information content (AvgIpc) is 2.65. The van der Waals surface area contributed by atoms with Crippen LogP contribution in [0.15, 0.2) is 6.07 Å². The predicted octanol–water partition coefficient (Wildman–Crippen LogP) is 2.81. The lowest BCUT2D eigenvalue weighted by Gasteiger charge is -2.40. The highest BCUT2D eigenvalue weighted by Crippen LogP contribution is 2.28. The second-order valence-electron chi connectivity index (χ2n) is 6.25. The van der Waals surface area contributed by atoms with Crippen molar-refractivity contribution in [2.75, 3.05) is 0 Å². The van der Waals surface area contributed by atoms with Crippen molar-refractivity contribution < 1.29 is 4.79 Å². The quantitative estimate of drug-likeness (QED) is 0.780. The van der Waals surface area contributed by atoms with Gasteiger partial charge in [-0.2, -0.15) is 0 Å². The van der Waals surface area contributed by atoms with Crippen molar-refractivity contribution in [3.05, 3.63) is 23.0 Å². The summed E-state index contributed by atoms with van der Waals surface area (Å²) >= 11 is 0. The zero-order valence-corrected chi connectivity index (χ0v) is 12.8. The molecule has 1 aromatic rings. The molecule has 1 heterocycles. The van der Waals surface area contributed by atoms with Crippen molar-refractivity contribution in [1.82, 2.24) is 9.47 Å². The molecule has 0 fully saturated rings. The van der Waals surface area contributed by atoms with Crippen LogP contribution in [0, 0.1) is 0 Å². The van der Waals surface area contributed by atoms with Crippen LogP contribution in [0.3, 0.4) is 0 Å². The number of fused-ring (bicyclic) bond motifs is 1. The summed E-state index contributed by atoms with van der Waals surface area (Å²) in [5.41, 5.74) is 3.53. The minimum absolute atomic E-state index is 0.570. The van der Waals surface area contributed by atoms with E-state index < -0.39 is 0 Å². The van der Waals surface area contributed by atoms with E-state index in [0.29, 0.717) is 18.1 Å². The smallest absolute Gasteiger partial charge is 0.166 e. The Kier molecular flexibility index (Phi) is 4.14. The largest absolute Gasteiger partial charge is 0.345 e. The first-order valence-electron chi connectivity index (χ1n) is 7.35. The van der Waals surface area contributed by atoms with Gasteiger partial charge >= 0.3 is 0 Å². The SMILES string of the molecule is CC(C)N(C(C)C)[C@H]1CCc2c(cc(C=O)n2C)C1. The Morgan fingerprint density at radius 2 is 1.95 bits per heavy atom. The molecule has 0 amide bonds. The molecule has 1 atom stereocenters. The lowest BCUT2D eigenvalue weighted by atomic mass is 9.90. The second-order valence-corrected chi connectivity index (χ2v) is 6.25. The number of hydrogen-bond acceptors (Lipinski definition) is 2. The molecule has 3 heteroatoms. The average molecular weight is 262 g/mol. The minimum Gasteiger partial charge on any atom is -0.345 e. The van der Waals surface area contributed by atoms with Crippen LogP contribution in [0.2, 0.25) is 0 Å². The number of rotatable bonds is 4. The molecule has 0 radical (unpaired) electrons. The lowest BCUT2D eigenvalue weighted by molar-refractivity contribution is 0.102. The highest BCUT2D eigenvalue weighted by molar-refractivity contribution is 5.73. The van der Waals surface area contributed by atoms with Gasteiger partial charge in [0.1, 0.15) is 0 Å². The minimum atomic E-state index is 0.570. The molecular weight excluding hydrogens is 236 g/mol. The Labute approximate surface area is 116 Å². The molecule has 0 aliphatic heterocycles. The summed E-state index contributed by atoms with van der Waals surface area (Å²) in [5.74, 6) is 0. The number of nitrogens with zero attached hydrogens (tertiary/aromatic N) is 2. The van der Waals surface area contributed by atoms with Gasteiger partial charge in [-0.05, 0) is 58.6 Å². The van der Waals surface area contributed by atoms with E-state index in [1.165, 1.54) is 17.7 Å². The molecule has 2 rings (SSSR count). The predicted molar refractivity (Wildman–Crippen MR) is 78.7 cm³/mol. The van der Waals surface area contributed by atoms with Crippen molar-refractivity contribution in [1.29, 1.82) is 0 Å². The first kappa shape index (κ1) is 14.3. The van der Waals surface area contributed by atoms with Crippen LogP contribution >= 0.6 is 0 Å². The summed E-state index contributed by atoms with van der Waals surface area (Å²) in [5, 5.41) is 0. The van der Waals surface area contributed by atoms with Crippen LogP contribution in [0.1, 0.15) is 55.9 Å². The standard InChI is InChI=1S/C16H26N2O/c1-11(2)18(12(3)4)14-6-7-16-13(8-14)9-15(10-19)17(16)5/h9-12,14H,6-8H2,1-5H3/t14-/m0/s1. The third-order valence-electron chi connectivity index (χ3n) is 4.39. The van der Waals surface area contributed by atoms with Crippen molar-refractivity contribution in [3.63, 3.8) is 0 Å². The maximum Gasteiger partial charge on any atom is 0.166 e. The molecule has 0 spiro atoms. The highest BCUT2D eigenvalue weighted by atomic mass is 16.1. The lowest BCUT2D eigenvalue weighted by Crippen LogP contribution is -2.47. The fraction of sp³-hybridized carbons (Fsp3) is 0.688. The summed E-state index contributed by atoms with van der Waals surface area (Å²) in [4.78, 5) is 13.7. The maximum absolute atomic E-state index is 11.0. The molecule has 0 unspecified atom stereocenters. The van der Waals surface area contributed by atoms with Gasteiger partial charge in [0.05, 0.1) is 5.69 Å². The third-order valence-corrected chi connectivity index (χ3v) is 4.39. The van der Waals surface area contributed by atoms with E-state index in [4.69, 9.17) is 0 Å². The number of aldehydes is 1. The Balaban J connectivity index is 2.24. The maximum atomic E-state index is 11.0. The van der Waals surface area contributed by atoms with E-state index in [1.54, 1.807) is 0 Å². The molecule has 3 nitrogen and oxygen atoms in total. The first-order chi connectivity index (χ1) is 8.95. The van der Waals surface area contributed by atoms with Gasteiger partial charge in [-0.3, -0.25) is 9.69 Å². The summed E-state index contributed by atoms with van der Waals surface area (Å²) in [6, 6.07) is 3.82. The van der Waals surface area contributed by atoms with E-state index in [1.807, 2.05) is 7.05 Å². The Hall–Kier alpha value is -1.09. The molecule has 0 saturated heterocycles. The van der Waals surface area contributed by atoms with Gasteiger partial charge in [0.2, 0.25) is 0 Å². The molecule has 1 aliphatic rings. The number of aromatic nitrogens is 1. The van der Waals surface area contributed by atoms with Gasteiger partial charge in [0.25, 0.3) is 0 Å². The highest BCUT2D eigenvalue weighted by Gasteiger charge is 2.29. The normalized spacial score (nSPS) is 19.3. The molecular formula is C16H26N2O. The Morgan fingerprint density at radius 1 is 1.32 bits per heavy atom. The molecule has 0 aromatic carbocycles. The van der Waals surface area contributed by atoms with E-state index in [9.17, 15) is 4.79 Å². The molecule has 0 bridgehead atoms. The van der Waals surface area contributed by atoms with E-state index in [0.717, 1.165) is 24.8 Å². The third kappa shape index (κ3) is 2.62. The zero-order valence-electron chi connectivity index (χ0n) is 12.8. The van der Waals surface area contributed by atoms with Crippen LogP contribution in [0.25, 0.3) is 0 Å². The van der Waals surface area contributed by atoms with Crippen molar-refractivity contribution in [2.45, 2.75) is 65.1 Å². The van der Waals surface area contributed by atoms with Crippen LogP contribution in [-0.4, -0.2) is 33.9 Å². The molecule has 19 heavy (non-hydrogen) atoms. The summed E-state index contributed by atoms with van der Waals surface area (Å²) in [7, 11) is 2.01. The summed E-state index contributed by atoms with van der Waals surface area (Å²) in [6.45, 7) is 9.10. The van der Waals surface area contributed by atoms with Gasteiger partial charge in [-0.25, -0.2) is 0 Å². The van der Waals surface area contributed by atoms with E-state index in [-0.39, 0.29) is 0 Å². The van der Waals surface area contributed by atoms with Crippen molar-refractivity contribution >= 4 is 6.29 Å². The molecule has 106 valence electrons. The summed E-state index contributed by atoms with van der Waals surface area (Å²) in [6.07, 6.45) is 4.32. The Morgan fingerprint density at radius 3 is 2.47 bits per heavy atom. The summed E-state index contributed by atoms with van der Waals surface area (Å²) < 4.78 is 2.06.